The summed E-state index contributed by atoms with van der Waals surface area (Å²) in [5.74, 6) is 1.60. The molecule has 7 nitrogen and oxygen atoms in total. The van der Waals surface area contributed by atoms with Gasteiger partial charge in [-0.3, -0.25) is 10.1 Å². The third-order valence-electron chi connectivity index (χ3n) is 5.76. The fraction of sp³-hybridized carbons (Fsp3) is 0.750. The Morgan fingerprint density at radius 1 is 1.12 bits per heavy atom. The molecule has 0 aliphatic heterocycles. The number of aliphatic carboxylic acids is 1. The fourth-order valence-corrected chi connectivity index (χ4v) is 6.24. The first kappa shape index (κ1) is 15.8. The molecule has 4 aliphatic carbocycles. The van der Waals surface area contributed by atoms with Gasteiger partial charge in [0.05, 0.1) is 6.42 Å². The molecule has 1 heterocycles. The summed E-state index contributed by atoms with van der Waals surface area (Å²) in [7, 11) is 0. The number of aromatic nitrogens is 2. The van der Waals surface area contributed by atoms with Crippen LogP contribution in [-0.4, -0.2) is 33.8 Å². The largest absolute Gasteiger partial charge is 0.481 e. The summed E-state index contributed by atoms with van der Waals surface area (Å²) >= 11 is 1.48. The van der Waals surface area contributed by atoms with E-state index in [-0.39, 0.29) is 18.4 Å². The number of rotatable bonds is 5. The molecular formula is C16H22N4O3S. The van der Waals surface area contributed by atoms with Crippen molar-refractivity contribution in [1.82, 2.24) is 15.5 Å². The Balaban J connectivity index is 1.40. The van der Waals surface area contributed by atoms with Gasteiger partial charge in [0.15, 0.2) is 0 Å². The van der Waals surface area contributed by atoms with Gasteiger partial charge in [0.2, 0.25) is 5.13 Å². The quantitative estimate of drug-likeness (QED) is 0.757. The van der Waals surface area contributed by atoms with E-state index in [1.165, 1.54) is 49.9 Å². The number of nitrogens with zero attached hydrogens (tertiary/aromatic N) is 2. The zero-order chi connectivity index (χ0) is 16.7. The molecule has 0 spiro atoms. The second kappa shape index (κ2) is 5.98. The minimum absolute atomic E-state index is 0.0952. The first-order chi connectivity index (χ1) is 11.5. The van der Waals surface area contributed by atoms with Gasteiger partial charge in [-0.25, -0.2) is 4.79 Å². The van der Waals surface area contributed by atoms with Gasteiger partial charge in [0.25, 0.3) is 0 Å². The highest BCUT2D eigenvalue weighted by molar-refractivity contribution is 7.15. The molecule has 0 radical (unpaired) electrons. The maximum atomic E-state index is 11.8. The van der Waals surface area contributed by atoms with E-state index in [1.807, 2.05) is 0 Å². The molecule has 0 atom stereocenters. The van der Waals surface area contributed by atoms with Crippen molar-refractivity contribution in [3.63, 3.8) is 0 Å². The Morgan fingerprint density at radius 2 is 1.75 bits per heavy atom. The van der Waals surface area contributed by atoms with Gasteiger partial charge < -0.3 is 10.4 Å². The van der Waals surface area contributed by atoms with Crippen LogP contribution in [0.1, 0.15) is 50.0 Å². The van der Waals surface area contributed by atoms with Crippen LogP contribution in [0.15, 0.2) is 0 Å². The van der Waals surface area contributed by atoms with E-state index < -0.39 is 12.0 Å². The Bertz CT molecular complexity index is 624. The molecule has 8 heteroatoms. The molecule has 4 bridgehead atoms. The summed E-state index contributed by atoms with van der Waals surface area (Å²) in [6.07, 6.45) is 7.72. The number of urea groups is 1. The summed E-state index contributed by atoms with van der Waals surface area (Å²) in [5.41, 5.74) is 0.187. The van der Waals surface area contributed by atoms with Gasteiger partial charge in [-0.2, -0.15) is 0 Å². The second-order valence-electron chi connectivity index (χ2n) is 7.63. The molecule has 0 unspecified atom stereocenters. The molecule has 5 rings (SSSR count). The standard InChI is InChI=1S/C16H22N4O3S/c21-12(22)1-2-17-14(23)18-15-20-19-13(24-15)16-6-9-3-10(7-16)5-11(4-9)8-16/h9-11H,1-8H2,(H,21,22)(H2,17,18,20,23). The zero-order valence-corrected chi connectivity index (χ0v) is 14.3. The Morgan fingerprint density at radius 3 is 2.33 bits per heavy atom. The average molecular weight is 350 g/mol. The lowest BCUT2D eigenvalue weighted by Gasteiger charge is -2.55. The normalized spacial score (nSPS) is 33.4. The van der Waals surface area contributed by atoms with Crippen LogP contribution in [0.3, 0.4) is 0 Å². The van der Waals surface area contributed by atoms with E-state index in [1.54, 1.807) is 0 Å². The molecule has 0 saturated heterocycles. The highest BCUT2D eigenvalue weighted by Crippen LogP contribution is 2.61. The summed E-state index contributed by atoms with van der Waals surface area (Å²) in [6.45, 7) is 0.0990. The van der Waals surface area contributed by atoms with Crippen molar-refractivity contribution in [2.75, 3.05) is 11.9 Å². The molecule has 130 valence electrons. The van der Waals surface area contributed by atoms with Crippen LogP contribution >= 0.6 is 11.3 Å². The lowest BCUT2D eigenvalue weighted by atomic mass is 9.50. The molecule has 4 saturated carbocycles. The summed E-state index contributed by atoms with van der Waals surface area (Å²) in [6, 6.07) is -0.426. The topological polar surface area (TPSA) is 104 Å². The number of hydrogen-bond donors (Lipinski definition) is 3. The maximum absolute atomic E-state index is 11.8. The van der Waals surface area contributed by atoms with E-state index in [9.17, 15) is 9.59 Å². The van der Waals surface area contributed by atoms with Gasteiger partial charge in [0.1, 0.15) is 5.01 Å². The molecule has 4 fully saturated rings. The number of hydrogen-bond acceptors (Lipinski definition) is 5. The highest BCUT2D eigenvalue weighted by atomic mass is 32.1. The summed E-state index contributed by atoms with van der Waals surface area (Å²) in [5, 5.41) is 23.9. The van der Waals surface area contributed by atoms with E-state index in [4.69, 9.17) is 5.11 Å². The van der Waals surface area contributed by atoms with E-state index in [2.05, 4.69) is 20.8 Å². The fourth-order valence-electron chi connectivity index (χ4n) is 5.28. The van der Waals surface area contributed by atoms with Crippen LogP contribution in [-0.2, 0) is 10.2 Å². The molecule has 1 aromatic rings. The van der Waals surface area contributed by atoms with E-state index >= 15 is 0 Å². The number of carbonyl (C=O) groups is 2. The lowest BCUT2D eigenvalue weighted by Crippen LogP contribution is -2.48. The number of nitrogens with one attached hydrogen (secondary N) is 2. The Labute approximate surface area is 144 Å². The van der Waals surface area contributed by atoms with Gasteiger partial charge in [0, 0.05) is 12.0 Å². The molecule has 24 heavy (non-hydrogen) atoms. The van der Waals surface area contributed by atoms with Crippen molar-refractivity contribution in [3.05, 3.63) is 5.01 Å². The number of carboxylic acid groups (broad SMARTS) is 1. The monoisotopic (exact) mass is 350 g/mol. The predicted molar refractivity (Wildman–Crippen MR) is 89.0 cm³/mol. The smallest absolute Gasteiger partial charge is 0.321 e. The zero-order valence-electron chi connectivity index (χ0n) is 13.5. The number of carbonyl (C=O) groups excluding carboxylic acids is 1. The van der Waals surface area contributed by atoms with Crippen LogP contribution in [0.4, 0.5) is 9.93 Å². The van der Waals surface area contributed by atoms with Crippen LogP contribution in [0.5, 0.6) is 0 Å². The summed E-state index contributed by atoms with van der Waals surface area (Å²) < 4.78 is 0. The first-order valence-corrected chi connectivity index (χ1v) is 9.45. The van der Waals surface area contributed by atoms with E-state index in [0.29, 0.717) is 5.13 Å². The number of carboxylic acids is 1. The number of amides is 2. The highest BCUT2D eigenvalue weighted by Gasteiger charge is 2.53. The summed E-state index contributed by atoms with van der Waals surface area (Å²) in [4.78, 5) is 22.2. The third kappa shape index (κ3) is 2.99. The van der Waals surface area contributed by atoms with Crippen molar-refractivity contribution < 1.29 is 14.7 Å². The van der Waals surface area contributed by atoms with Gasteiger partial charge in [-0.1, -0.05) is 11.3 Å². The third-order valence-corrected chi connectivity index (χ3v) is 6.85. The van der Waals surface area contributed by atoms with E-state index in [0.717, 1.165) is 22.8 Å². The SMILES string of the molecule is O=C(O)CCNC(=O)Nc1nnc(C23CC4CC(CC(C4)C2)C3)s1. The van der Waals surface area contributed by atoms with Crippen molar-refractivity contribution in [2.45, 2.75) is 50.4 Å². The van der Waals surface area contributed by atoms with Gasteiger partial charge in [-0.15, -0.1) is 10.2 Å². The second-order valence-corrected chi connectivity index (χ2v) is 8.61. The molecular weight excluding hydrogens is 328 g/mol. The molecule has 4 aliphatic rings. The van der Waals surface area contributed by atoms with Gasteiger partial charge >= 0.3 is 12.0 Å². The van der Waals surface area contributed by atoms with Crippen molar-refractivity contribution in [2.24, 2.45) is 17.8 Å². The first-order valence-electron chi connectivity index (χ1n) is 8.63. The van der Waals surface area contributed by atoms with Crippen LogP contribution in [0.25, 0.3) is 0 Å². The lowest BCUT2D eigenvalue weighted by molar-refractivity contribution is -0.136. The minimum Gasteiger partial charge on any atom is -0.481 e. The van der Waals surface area contributed by atoms with Gasteiger partial charge in [-0.05, 0) is 56.3 Å². The van der Waals surface area contributed by atoms with Crippen molar-refractivity contribution in [3.8, 4) is 0 Å². The van der Waals surface area contributed by atoms with Crippen LogP contribution in [0, 0.1) is 17.8 Å². The molecule has 2 amide bonds. The van der Waals surface area contributed by atoms with Crippen LogP contribution < -0.4 is 10.6 Å². The molecule has 0 aromatic carbocycles. The van der Waals surface area contributed by atoms with Crippen molar-refractivity contribution >= 4 is 28.5 Å². The maximum Gasteiger partial charge on any atom is 0.321 e. The number of anilines is 1. The Kier molecular flexibility index (Phi) is 3.94. The predicted octanol–water partition coefficient (Wildman–Crippen LogP) is 2.60. The molecule has 3 N–H and O–H groups in total. The minimum atomic E-state index is -0.935. The Hall–Kier alpha value is -1.70. The molecule has 1 aromatic heterocycles. The van der Waals surface area contributed by atoms with Crippen molar-refractivity contribution in [1.29, 1.82) is 0 Å². The van der Waals surface area contributed by atoms with Crippen LogP contribution in [0.2, 0.25) is 0 Å². The average Bonchev–Trinajstić information content (AvgIpc) is 2.94.